The van der Waals surface area contributed by atoms with Crippen LogP contribution in [0.5, 0.6) is 5.75 Å². The van der Waals surface area contributed by atoms with Crippen LogP contribution in [0.3, 0.4) is 0 Å². The zero-order valence-electron chi connectivity index (χ0n) is 15.8. The lowest BCUT2D eigenvalue weighted by molar-refractivity contribution is 0.103. The summed E-state index contributed by atoms with van der Waals surface area (Å²) < 4.78 is 33.2. The summed E-state index contributed by atoms with van der Waals surface area (Å²) in [5.74, 6) is 0.120. The molecule has 10 heteroatoms. The standard InChI is InChI=1S/C19H19N3O4S3/c1-12-5-6-14(26-2)17(10-12)29(24,25)22-8-7-13-16(11-22)28-19(20-13)21-18(23)15-4-3-9-27-15/h3-6,9-10H,7-8,11H2,1-2H3,(H,20,21,23). The van der Waals surface area contributed by atoms with Crippen molar-refractivity contribution >= 4 is 43.7 Å². The lowest BCUT2D eigenvalue weighted by Crippen LogP contribution is -2.35. The van der Waals surface area contributed by atoms with Gasteiger partial charge in [0.05, 0.1) is 24.2 Å². The third-order valence-corrected chi connectivity index (χ3v) is 8.33. The predicted octanol–water partition coefficient (Wildman–Crippen LogP) is 3.52. The van der Waals surface area contributed by atoms with E-state index in [0.29, 0.717) is 28.7 Å². The molecule has 152 valence electrons. The summed E-state index contributed by atoms with van der Waals surface area (Å²) in [6.07, 6.45) is 0.494. The van der Waals surface area contributed by atoms with Crippen molar-refractivity contribution in [1.29, 1.82) is 0 Å². The summed E-state index contributed by atoms with van der Waals surface area (Å²) >= 11 is 2.67. The molecule has 1 aromatic carbocycles. The summed E-state index contributed by atoms with van der Waals surface area (Å²) in [6, 6.07) is 8.68. The van der Waals surface area contributed by atoms with Gasteiger partial charge < -0.3 is 4.74 Å². The van der Waals surface area contributed by atoms with Crippen LogP contribution in [0, 0.1) is 6.92 Å². The molecule has 0 unspecified atom stereocenters. The lowest BCUT2D eigenvalue weighted by Gasteiger charge is -2.26. The molecule has 3 aromatic rings. The van der Waals surface area contributed by atoms with Crippen LogP contribution in [0.25, 0.3) is 0 Å². The smallest absolute Gasteiger partial charge is 0.267 e. The van der Waals surface area contributed by atoms with Gasteiger partial charge in [0.15, 0.2) is 5.13 Å². The average Bonchev–Trinajstić information content (AvgIpc) is 3.36. The first-order valence-electron chi connectivity index (χ1n) is 8.86. The number of hydrogen-bond acceptors (Lipinski definition) is 7. The molecule has 29 heavy (non-hydrogen) atoms. The molecule has 0 radical (unpaired) electrons. The van der Waals surface area contributed by atoms with Crippen LogP contribution in [-0.2, 0) is 23.0 Å². The number of nitrogens with zero attached hydrogens (tertiary/aromatic N) is 2. The van der Waals surface area contributed by atoms with Gasteiger partial charge in [0, 0.05) is 17.8 Å². The molecule has 1 aliphatic rings. The molecule has 3 heterocycles. The van der Waals surface area contributed by atoms with Gasteiger partial charge in [0.1, 0.15) is 10.6 Å². The Bertz CT molecular complexity index is 1150. The molecular formula is C19H19N3O4S3. The maximum absolute atomic E-state index is 13.2. The number of thiazole rings is 1. The van der Waals surface area contributed by atoms with E-state index in [4.69, 9.17) is 4.74 Å². The molecule has 0 atom stereocenters. The molecule has 0 saturated carbocycles. The number of methoxy groups -OCH3 is 1. The Morgan fingerprint density at radius 1 is 1.31 bits per heavy atom. The van der Waals surface area contributed by atoms with E-state index in [9.17, 15) is 13.2 Å². The number of amides is 1. The fourth-order valence-corrected chi connectivity index (χ4v) is 6.49. The second kappa shape index (κ2) is 7.86. The highest BCUT2D eigenvalue weighted by molar-refractivity contribution is 7.89. The van der Waals surface area contributed by atoms with Gasteiger partial charge >= 0.3 is 0 Å². The third-order valence-electron chi connectivity index (χ3n) is 4.60. The van der Waals surface area contributed by atoms with Crippen molar-refractivity contribution in [2.45, 2.75) is 24.8 Å². The van der Waals surface area contributed by atoms with Crippen molar-refractivity contribution in [3.63, 3.8) is 0 Å². The first kappa shape index (κ1) is 20.0. The van der Waals surface area contributed by atoms with Gasteiger partial charge in [-0.3, -0.25) is 10.1 Å². The molecular weight excluding hydrogens is 430 g/mol. The molecule has 4 rings (SSSR count). The molecule has 1 aliphatic heterocycles. The van der Waals surface area contributed by atoms with Crippen LogP contribution in [0.1, 0.15) is 25.8 Å². The number of thiophene rings is 1. The van der Waals surface area contributed by atoms with E-state index in [1.165, 1.54) is 34.1 Å². The number of fused-ring (bicyclic) bond motifs is 1. The fourth-order valence-electron chi connectivity index (χ4n) is 3.12. The van der Waals surface area contributed by atoms with Crippen molar-refractivity contribution in [3.05, 3.63) is 56.7 Å². The second-order valence-electron chi connectivity index (χ2n) is 6.56. The van der Waals surface area contributed by atoms with Gasteiger partial charge in [-0.2, -0.15) is 4.31 Å². The van der Waals surface area contributed by atoms with Crippen LogP contribution in [0.2, 0.25) is 0 Å². The molecule has 2 aromatic heterocycles. The number of carbonyl (C=O) groups is 1. The van der Waals surface area contributed by atoms with E-state index in [1.54, 1.807) is 18.2 Å². The highest BCUT2D eigenvalue weighted by atomic mass is 32.2. The minimum Gasteiger partial charge on any atom is -0.495 e. The number of ether oxygens (including phenoxy) is 1. The van der Waals surface area contributed by atoms with Gasteiger partial charge in [-0.05, 0) is 36.1 Å². The van der Waals surface area contributed by atoms with Crippen molar-refractivity contribution < 1.29 is 17.9 Å². The number of hydrogen-bond donors (Lipinski definition) is 1. The zero-order chi connectivity index (χ0) is 20.6. The van der Waals surface area contributed by atoms with Crippen LogP contribution >= 0.6 is 22.7 Å². The predicted molar refractivity (Wildman–Crippen MR) is 113 cm³/mol. The normalized spacial score (nSPS) is 14.4. The van der Waals surface area contributed by atoms with Gasteiger partial charge in [-0.1, -0.05) is 12.1 Å². The van der Waals surface area contributed by atoms with Crippen molar-refractivity contribution in [2.75, 3.05) is 19.0 Å². The van der Waals surface area contributed by atoms with E-state index in [-0.39, 0.29) is 17.3 Å². The number of carbonyl (C=O) groups excluding carboxylic acids is 1. The van der Waals surface area contributed by atoms with Crippen LogP contribution in [-0.4, -0.2) is 37.3 Å². The van der Waals surface area contributed by atoms with Gasteiger partial charge in [-0.25, -0.2) is 13.4 Å². The van der Waals surface area contributed by atoms with Crippen molar-refractivity contribution in [3.8, 4) is 5.75 Å². The number of sulfonamides is 1. The Labute approximate surface area is 177 Å². The van der Waals surface area contributed by atoms with E-state index in [1.807, 2.05) is 24.4 Å². The molecule has 0 spiro atoms. The van der Waals surface area contributed by atoms with E-state index >= 15 is 0 Å². The number of anilines is 1. The van der Waals surface area contributed by atoms with Crippen molar-refractivity contribution in [2.24, 2.45) is 0 Å². The first-order valence-corrected chi connectivity index (χ1v) is 12.0. The van der Waals surface area contributed by atoms with Crippen molar-refractivity contribution in [1.82, 2.24) is 9.29 Å². The average molecular weight is 450 g/mol. The van der Waals surface area contributed by atoms with Crippen LogP contribution in [0.4, 0.5) is 5.13 Å². The number of aromatic nitrogens is 1. The fraction of sp³-hybridized carbons (Fsp3) is 0.263. The second-order valence-corrected chi connectivity index (χ2v) is 10.5. The van der Waals surface area contributed by atoms with Gasteiger partial charge in [0.25, 0.3) is 5.91 Å². The quantitative estimate of drug-likeness (QED) is 0.644. The van der Waals surface area contributed by atoms with Crippen LogP contribution in [0.15, 0.2) is 40.6 Å². The van der Waals surface area contributed by atoms with Gasteiger partial charge in [-0.15, -0.1) is 22.7 Å². The number of nitrogens with one attached hydrogen (secondary N) is 1. The zero-order valence-corrected chi connectivity index (χ0v) is 18.3. The summed E-state index contributed by atoms with van der Waals surface area (Å²) in [5.41, 5.74) is 1.68. The van der Waals surface area contributed by atoms with Gasteiger partial charge in [0.2, 0.25) is 10.0 Å². The number of benzene rings is 1. The van der Waals surface area contributed by atoms with E-state index in [0.717, 1.165) is 16.1 Å². The molecule has 0 fully saturated rings. The topological polar surface area (TPSA) is 88.6 Å². The summed E-state index contributed by atoms with van der Waals surface area (Å²) in [4.78, 5) is 18.3. The minimum absolute atomic E-state index is 0.166. The molecule has 7 nitrogen and oxygen atoms in total. The Hall–Kier alpha value is -2.27. The highest BCUT2D eigenvalue weighted by Gasteiger charge is 2.32. The first-order chi connectivity index (χ1) is 13.9. The third kappa shape index (κ3) is 3.93. The van der Waals surface area contributed by atoms with E-state index in [2.05, 4.69) is 10.3 Å². The molecule has 0 saturated heterocycles. The lowest BCUT2D eigenvalue weighted by atomic mass is 10.2. The Balaban J connectivity index is 1.57. The molecule has 0 aliphatic carbocycles. The maximum atomic E-state index is 13.2. The Morgan fingerprint density at radius 3 is 2.86 bits per heavy atom. The number of rotatable bonds is 5. The largest absolute Gasteiger partial charge is 0.495 e. The maximum Gasteiger partial charge on any atom is 0.267 e. The van der Waals surface area contributed by atoms with E-state index < -0.39 is 10.0 Å². The molecule has 0 bridgehead atoms. The molecule has 1 N–H and O–H groups in total. The monoisotopic (exact) mass is 449 g/mol. The Kier molecular flexibility index (Phi) is 5.43. The summed E-state index contributed by atoms with van der Waals surface area (Å²) in [5, 5.41) is 5.13. The van der Waals surface area contributed by atoms with Crippen LogP contribution < -0.4 is 10.1 Å². The summed E-state index contributed by atoms with van der Waals surface area (Å²) in [7, 11) is -2.26. The number of aryl methyl sites for hydroxylation is 1. The SMILES string of the molecule is COc1ccc(C)cc1S(=O)(=O)N1CCc2nc(NC(=O)c3cccs3)sc2C1. The minimum atomic E-state index is -3.72. The highest BCUT2D eigenvalue weighted by Crippen LogP contribution is 2.34. The summed E-state index contributed by atoms with van der Waals surface area (Å²) in [6.45, 7) is 2.40. The Morgan fingerprint density at radius 2 is 2.14 bits per heavy atom. The molecule has 1 amide bonds.